The molecule has 0 radical (unpaired) electrons. The minimum atomic E-state index is -0.579. The number of rotatable bonds is 7. The molecule has 2 amide bonds. The normalized spacial score (nSPS) is 15.7. The highest BCUT2D eigenvalue weighted by atomic mass is 16.6. The lowest BCUT2D eigenvalue weighted by Gasteiger charge is -2.24. The number of nitrogens with one attached hydrogen (secondary N) is 1. The molecule has 1 aromatic carbocycles. The molecule has 33 heavy (non-hydrogen) atoms. The SMILES string of the molecule is COCCOc1cc(-n2cnc(NC(=O)[C@H]3CCN(C(=O)OC(C)(C)C)C3)c2)ccc1C#N. The molecule has 0 unspecified atom stereocenters. The maximum absolute atomic E-state index is 12.7. The van der Waals surface area contributed by atoms with Crippen molar-refractivity contribution in [2.45, 2.75) is 32.8 Å². The zero-order valence-corrected chi connectivity index (χ0v) is 19.3. The number of imidazole rings is 1. The third-order valence-electron chi connectivity index (χ3n) is 4.97. The van der Waals surface area contributed by atoms with Crippen LogP contribution in [-0.4, -0.2) is 65.5 Å². The number of anilines is 1. The van der Waals surface area contributed by atoms with Crippen LogP contribution in [0.4, 0.5) is 10.6 Å². The Balaban J connectivity index is 1.62. The average molecular weight is 456 g/mol. The quantitative estimate of drug-likeness (QED) is 0.638. The highest BCUT2D eigenvalue weighted by Gasteiger charge is 2.33. The number of carbonyl (C=O) groups excluding carboxylic acids is 2. The number of carbonyl (C=O) groups is 2. The Hall–Kier alpha value is -3.58. The van der Waals surface area contributed by atoms with Gasteiger partial charge in [-0.25, -0.2) is 9.78 Å². The molecule has 10 nitrogen and oxygen atoms in total. The van der Waals surface area contributed by atoms with Gasteiger partial charge in [-0.2, -0.15) is 5.26 Å². The summed E-state index contributed by atoms with van der Waals surface area (Å²) in [7, 11) is 1.58. The maximum Gasteiger partial charge on any atom is 0.410 e. The van der Waals surface area contributed by atoms with Crippen molar-refractivity contribution < 1.29 is 23.8 Å². The lowest BCUT2D eigenvalue weighted by molar-refractivity contribution is -0.119. The Kier molecular flexibility index (Phi) is 7.55. The van der Waals surface area contributed by atoms with Crippen molar-refractivity contribution in [1.29, 1.82) is 5.26 Å². The van der Waals surface area contributed by atoms with Crippen LogP contribution in [0, 0.1) is 17.2 Å². The lowest BCUT2D eigenvalue weighted by atomic mass is 10.1. The van der Waals surface area contributed by atoms with Gasteiger partial charge in [-0.05, 0) is 39.3 Å². The van der Waals surface area contributed by atoms with Crippen molar-refractivity contribution in [2.75, 3.05) is 38.7 Å². The van der Waals surface area contributed by atoms with Crippen molar-refractivity contribution >= 4 is 17.8 Å². The van der Waals surface area contributed by atoms with Crippen LogP contribution in [0.2, 0.25) is 0 Å². The van der Waals surface area contributed by atoms with Gasteiger partial charge in [0.25, 0.3) is 0 Å². The van der Waals surface area contributed by atoms with Crippen molar-refractivity contribution in [2.24, 2.45) is 5.92 Å². The van der Waals surface area contributed by atoms with E-state index in [9.17, 15) is 14.9 Å². The number of aromatic nitrogens is 2. The second-order valence-corrected chi connectivity index (χ2v) is 8.70. The molecular weight excluding hydrogens is 426 g/mol. The second kappa shape index (κ2) is 10.4. The largest absolute Gasteiger partial charge is 0.490 e. The molecule has 0 saturated carbocycles. The van der Waals surface area contributed by atoms with Gasteiger partial charge in [0.05, 0.1) is 30.0 Å². The molecule has 1 N–H and O–H groups in total. The van der Waals surface area contributed by atoms with Crippen LogP contribution in [-0.2, 0) is 14.3 Å². The van der Waals surface area contributed by atoms with Gasteiger partial charge in [0, 0.05) is 26.3 Å². The molecule has 0 bridgehead atoms. The molecule has 0 aliphatic carbocycles. The number of nitriles is 1. The van der Waals surface area contributed by atoms with Crippen LogP contribution in [0.1, 0.15) is 32.8 Å². The summed E-state index contributed by atoms with van der Waals surface area (Å²) in [6, 6.07) is 7.27. The first-order chi connectivity index (χ1) is 15.7. The molecule has 1 aromatic heterocycles. The van der Waals surface area contributed by atoms with Crippen molar-refractivity contribution in [3.05, 3.63) is 36.3 Å². The zero-order chi connectivity index (χ0) is 24.0. The number of likely N-dealkylation sites (tertiary alicyclic amines) is 1. The van der Waals surface area contributed by atoms with E-state index >= 15 is 0 Å². The van der Waals surface area contributed by atoms with Gasteiger partial charge in [0.2, 0.25) is 5.91 Å². The molecule has 3 rings (SSSR count). The molecular formula is C23H29N5O5. The first-order valence-electron chi connectivity index (χ1n) is 10.7. The lowest BCUT2D eigenvalue weighted by Crippen LogP contribution is -2.36. The minimum absolute atomic E-state index is 0.199. The fraction of sp³-hybridized carbons (Fsp3) is 0.478. The number of ether oxygens (including phenoxy) is 3. The molecule has 1 aliphatic rings. The second-order valence-electron chi connectivity index (χ2n) is 8.70. The van der Waals surface area contributed by atoms with Crippen molar-refractivity contribution in [3.8, 4) is 17.5 Å². The molecule has 1 fully saturated rings. The summed E-state index contributed by atoms with van der Waals surface area (Å²) in [6.45, 7) is 6.93. The summed E-state index contributed by atoms with van der Waals surface area (Å²) in [5.41, 5.74) is 0.565. The Morgan fingerprint density at radius 1 is 1.30 bits per heavy atom. The van der Waals surface area contributed by atoms with E-state index in [1.807, 2.05) is 20.8 Å². The van der Waals surface area contributed by atoms with E-state index in [2.05, 4.69) is 16.4 Å². The number of methoxy groups -OCH3 is 1. The molecule has 1 saturated heterocycles. The van der Waals surface area contributed by atoms with Gasteiger partial charge >= 0.3 is 6.09 Å². The van der Waals surface area contributed by atoms with Crippen molar-refractivity contribution in [1.82, 2.24) is 14.5 Å². The molecule has 2 aromatic rings. The van der Waals surface area contributed by atoms with E-state index in [0.717, 1.165) is 5.69 Å². The van der Waals surface area contributed by atoms with Gasteiger partial charge < -0.3 is 29.0 Å². The minimum Gasteiger partial charge on any atom is -0.490 e. The molecule has 1 atom stereocenters. The van der Waals surface area contributed by atoms with E-state index in [4.69, 9.17) is 14.2 Å². The van der Waals surface area contributed by atoms with Gasteiger partial charge in [-0.15, -0.1) is 0 Å². The summed E-state index contributed by atoms with van der Waals surface area (Å²) >= 11 is 0. The van der Waals surface area contributed by atoms with Crippen LogP contribution in [0.25, 0.3) is 5.69 Å². The standard InChI is InChI=1S/C23H29N5O5/c1-23(2,3)33-22(30)27-8-7-17(13-27)21(29)26-20-14-28(15-25-20)18-6-5-16(12-24)19(11-18)32-10-9-31-4/h5-6,11,14-15,17H,7-10,13H2,1-4H3,(H,26,29)/t17-/m0/s1. The highest BCUT2D eigenvalue weighted by Crippen LogP contribution is 2.24. The van der Waals surface area contributed by atoms with Gasteiger partial charge in [-0.3, -0.25) is 4.79 Å². The number of nitrogens with zero attached hydrogens (tertiary/aromatic N) is 4. The number of benzene rings is 1. The van der Waals surface area contributed by atoms with Crippen LogP contribution in [0.5, 0.6) is 5.75 Å². The summed E-state index contributed by atoms with van der Waals surface area (Å²) in [4.78, 5) is 30.7. The van der Waals surface area contributed by atoms with E-state index in [1.165, 1.54) is 0 Å². The fourth-order valence-electron chi connectivity index (χ4n) is 3.34. The predicted molar refractivity (Wildman–Crippen MR) is 120 cm³/mol. The third kappa shape index (κ3) is 6.46. The van der Waals surface area contributed by atoms with E-state index in [1.54, 1.807) is 47.3 Å². The first-order valence-corrected chi connectivity index (χ1v) is 10.7. The Morgan fingerprint density at radius 3 is 2.79 bits per heavy atom. The van der Waals surface area contributed by atoms with Crippen LogP contribution in [0.15, 0.2) is 30.7 Å². The summed E-state index contributed by atoms with van der Waals surface area (Å²) in [6.07, 6.45) is 3.39. The van der Waals surface area contributed by atoms with E-state index in [0.29, 0.717) is 49.9 Å². The van der Waals surface area contributed by atoms with Crippen LogP contribution in [0.3, 0.4) is 0 Å². The summed E-state index contributed by atoms with van der Waals surface area (Å²) in [5.74, 6) is 0.301. The average Bonchev–Trinajstić information content (AvgIpc) is 3.43. The van der Waals surface area contributed by atoms with Crippen molar-refractivity contribution in [3.63, 3.8) is 0 Å². The summed E-state index contributed by atoms with van der Waals surface area (Å²) < 4.78 is 17.7. The van der Waals surface area contributed by atoms with Crippen LogP contribution >= 0.6 is 0 Å². The Labute approximate surface area is 193 Å². The van der Waals surface area contributed by atoms with Crippen LogP contribution < -0.4 is 10.1 Å². The van der Waals surface area contributed by atoms with Gasteiger partial charge in [0.15, 0.2) is 5.82 Å². The maximum atomic E-state index is 12.7. The molecule has 0 spiro atoms. The molecule has 10 heteroatoms. The Bertz CT molecular complexity index is 1040. The topological polar surface area (TPSA) is 119 Å². The molecule has 2 heterocycles. The van der Waals surface area contributed by atoms with Gasteiger partial charge in [-0.1, -0.05) is 0 Å². The smallest absolute Gasteiger partial charge is 0.410 e. The van der Waals surface area contributed by atoms with E-state index < -0.39 is 11.7 Å². The van der Waals surface area contributed by atoms with Gasteiger partial charge in [0.1, 0.15) is 30.4 Å². The Morgan fingerprint density at radius 2 is 2.09 bits per heavy atom. The highest BCUT2D eigenvalue weighted by molar-refractivity contribution is 5.92. The number of hydrogen-bond acceptors (Lipinski definition) is 7. The number of hydrogen-bond donors (Lipinski definition) is 1. The molecule has 176 valence electrons. The zero-order valence-electron chi connectivity index (χ0n) is 19.3. The monoisotopic (exact) mass is 455 g/mol. The fourth-order valence-corrected chi connectivity index (χ4v) is 3.34. The van der Waals surface area contributed by atoms with E-state index in [-0.39, 0.29) is 11.8 Å². The summed E-state index contributed by atoms with van der Waals surface area (Å²) in [5, 5.41) is 12.1. The number of amides is 2. The molecule has 1 aliphatic heterocycles. The first kappa shape index (κ1) is 24.1. The predicted octanol–water partition coefficient (Wildman–Crippen LogP) is 2.96. The third-order valence-corrected chi connectivity index (χ3v) is 4.97.